The zero-order valence-corrected chi connectivity index (χ0v) is 14.3. The lowest BCUT2D eigenvalue weighted by molar-refractivity contribution is 0.0945. The Bertz CT molecular complexity index is 734. The van der Waals surface area contributed by atoms with Crippen molar-refractivity contribution >= 4 is 11.7 Å². The summed E-state index contributed by atoms with van der Waals surface area (Å²) in [5.41, 5.74) is 1.20. The van der Waals surface area contributed by atoms with Crippen LogP contribution in [-0.2, 0) is 6.54 Å². The van der Waals surface area contributed by atoms with Gasteiger partial charge in [0, 0.05) is 19.6 Å². The highest BCUT2D eigenvalue weighted by Gasteiger charge is 2.14. The van der Waals surface area contributed by atoms with E-state index in [1.54, 1.807) is 12.1 Å². The maximum Gasteiger partial charge on any atom is 0.272 e. The number of benzene rings is 1. The molecule has 1 aliphatic rings. The molecule has 1 aromatic carbocycles. The van der Waals surface area contributed by atoms with Gasteiger partial charge in [0.1, 0.15) is 5.82 Å². The number of amides is 1. The van der Waals surface area contributed by atoms with Crippen molar-refractivity contribution in [2.45, 2.75) is 6.54 Å². The summed E-state index contributed by atoms with van der Waals surface area (Å²) in [4.78, 5) is 14.2. The van der Waals surface area contributed by atoms with E-state index in [1.807, 2.05) is 32.3 Å². The number of hydrogen-bond acceptors (Lipinski definition) is 7. The third kappa shape index (κ3) is 4.57. The minimum Gasteiger partial charge on any atom is -0.454 e. The fourth-order valence-corrected chi connectivity index (χ4v) is 2.28. The maximum absolute atomic E-state index is 12.2. The molecule has 0 aliphatic carbocycles. The van der Waals surface area contributed by atoms with E-state index >= 15 is 0 Å². The van der Waals surface area contributed by atoms with Crippen LogP contribution in [0.25, 0.3) is 0 Å². The van der Waals surface area contributed by atoms with E-state index in [0.29, 0.717) is 18.1 Å². The highest BCUT2D eigenvalue weighted by atomic mass is 16.7. The van der Waals surface area contributed by atoms with Gasteiger partial charge in [-0.3, -0.25) is 4.79 Å². The van der Waals surface area contributed by atoms with Crippen molar-refractivity contribution < 1.29 is 14.3 Å². The van der Waals surface area contributed by atoms with Gasteiger partial charge in [-0.1, -0.05) is 6.07 Å². The molecule has 132 valence electrons. The van der Waals surface area contributed by atoms with Crippen LogP contribution in [0.3, 0.4) is 0 Å². The van der Waals surface area contributed by atoms with Gasteiger partial charge in [0.15, 0.2) is 17.2 Å². The number of ether oxygens (including phenoxy) is 2. The number of anilines is 1. The number of carbonyl (C=O) groups is 1. The Labute approximate surface area is 146 Å². The summed E-state index contributed by atoms with van der Waals surface area (Å²) in [6.45, 7) is 2.26. The van der Waals surface area contributed by atoms with Crippen LogP contribution in [0.4, 0.5) is 5.82 Å². The van der Waals surface area contributed by atoms with Crippen LogP contribution in [-0.4, -0.2) is 55.0 Å². The average molecular weight is 343 g/mol. The second-order valence-corrected chi connectivity index (χ2v) is 5.90. The van der Waals surface area contributed by atoms with Crippen LogP contribution >= 0.6 is 0 Å². The first kappa shape index (κ1) is 17.0. The summed E-state index contributed by atoms with van der Waals surface area (Å²) in [7, 11) is 4.00. The summed E-state index contributed by atoms with van der Waals surface area (Å²) in [6.07, 6.45) is 0. The minimum absolute atomic E-state index is 0.232. The standard InChI is InChI=1S/C17H21N5O3/c1-22(2)8-7-18-16-6-4-13(20-21-16)17(23)19-10-12-3-5-14-15(9-12)25-11-24-14/h3-6,9H,7-8,10-11H2,1-2H3,(H,18,21)(H,19,23). The third-order valence-corrected chi connectivity index (χ3v) is 3.65. The fourth-order valence-electron chi connectivity index (χ4n) is 2.28. The van der Waals surface area contributed by atoms with Crippen molar-refractivity contribution in [2.24, 2.45) is 0 Å². The fraction of sp³-hybridized carbons (Fsp3) is 0.353. The summed E-state index contributed by atoms with van der Waals surface area (Å²) < 4.78 is 10.6. The van der Waals surface area contributed by atoms with Crippen LogP contribution < -0.4 is 20.1 Å². The molecule has 1 aliphatic heterocycles. The van der Waals surface area contributed by atoms with Crippen molar-refractivity contribution in [3.05, 3.63) is 41.6 Å². The first-order valence-corrected chi connectivity index (χ1v) is 8.01. The number of fused-ring (bicyclic) bond motifs is 1. The van der Waals surface area contributed by atoms with Gasteiger partial charge in [-0.2, -0.15) is 0 Å². The van der Waals surface area contributed by atoms with Crippen LogP contribution in [0, 0.1) is 0 Å². The smallest absolute Gasteiger partial charge is 0.272 e. The van der Waals surface area contributed by atoms with Gasteiger partial charge < -0.3 is 25.0 Å². The van der Waals surface area contributed by atoms with Crippen molar-refractivity contribution in [1.29, 1.82) is 0 Å². The number of rotatable bonds is 7. The van der Waals surface area contributed by atoms with E-state index < -0.39 is 0 Å². The maximum atomic E-state index is 12.2. The quantitative estimate of drug-likeness (QED) is 0.778. The average Bonchev–Trinajstić information content (AvgIpc) is 3.07. The Morgan fingerprint density at radius 1 is 1.16 bits per heavy atom. The summed E-state index contributed by atoms with van der Waals surface area (Å²) in [5, 5.41) is 14.0. The molecule has 25 heavy (non-hydrogen) atoms. The molecule has 0 fully saturated rings. The van der Waals surface area contributed by atoms with Gasteiger partial charge in [0.25, 0.3) is 5.91 Å². The second-order valence-electron chi connectivity index (χ2n) is 5.90. The molecule has 0 radical (unpaired) electrons. The Hall–Kier alpha value is -2.87. The number of carbonyl (C=O) groups excluding carboxylic acids is 1. The number of likely N-dealkylation sites (N-methyl/N-ethyl adjacent to an activating group) is 1. The molecule has 0 saturated carbocycles. The normalized spacial score (nSPS) is 12.3. The molecule has 2 N–H and O–H groups in total. The summed E-state index contributed by atoms with van der Waals surface area (Å²) in [6, 6.07) is 8.97. The molecular formula is C17H21N5O3. The van der Waals surface area contributed by atoms with Gasteiger partial charge in [0.2, 0.25) is 6.79 Å². The van der Waals surface area contributed by atoms with Gasteiger partial charge in [-0.05, 0) is 43.9 Å². The topological polar surface area (TPSA) is 88.6 Å². The Balaban J connectivity index is 1.51. The van der Waals surface area contributed by atoms with E-state index in [0.717, 1.165) is 24.4 Å². The first-order valence-electron chi connectivity index (χ1n) is 8.01. The molecule has 8 nitrogen and oxygen atoms in total. The molecule has 0 saturated heterocycles. The van der Waals surface area contributed by atoms with Crippen LogP contribution in [0.2, 0.25) is 0 Å². The molecule has 8 heteroatoms. The van der Waals surface area contributed by atoms with Crippen molar-refractivity contribution in [3.63, 3.8) is 0 Å². The Morgan fingerprint density at radius 2 is 2.00 bits per heavy atom. The molecule has 0 atom stereocenters. The molecule has 0 bridgehead atoms. The second kappa shape index (κ2) is 7.80. The lowest BCUT2D eigenvalue weighted by Crippen LogP contribution is -2.24. The monoisotopic (exact) mass is 343 g/mol. The lowest BCUT2D eigenvalue weighted by atomic mass is 10.2. The molecule has 3 rings (SSSR count). The van der Waals surface area contributed by atoms with E-state index in [9.17, 15) is 4.79 Å². The van der Waals surface area contributed by atoms with Crippen molar-refractivity contribution in [3.8, 4) is 11.5 Å². The zero-order chi connectivity index (χ0) is 17.6. The molecule has 2 aromatic rings. The van der Waals surface area contributed by atoms with Gasteiger partial charge in [-0.25, -0.2) is 0 Å². The highest BCUT2D eigenvalue weighted by molar-refractivity contribution is 5.92. The third-order valence-electron chi connectivity index (χ3n) is 3.65. The lowest BCUT2D eigenvalue weighted by Gasteiger charge is -2.10. The van der Waals surface area contributed by atoms with Crippen molar-refractivity contribution in [2.75, 3.05) is 39.3 Å². The molecule has 2 heterocycles. The molecule has 1 aromatic heterocycles. The largest absolute Gasteiger partial charge is 0.454 e. The predicted octanol–water partition coefficient (Wildman–Crippen LogP) is 1.11. The van der Waals surface area contributed by atoms with Gasteiger partial charge in [-0.15, -0.1) is 10.2 Å². The van der Waals surface area contributed by atoms with Crippen LogP contribution in [0.1, 0.15) is 16.1 Å². The first-order chi connectivity index (χ1) is 12.1. The van der Waals surface area contributed by atoms with E-state index in [4.69, 9.17) is 9.47 Å². The van der Waals surface area contributed by atoms with Gasteiger partial charge >= 0.3 is 0 Å². The highest BCUT2D eigenvalue weighted by Crippen LogP contribution is 2.32. The SMILES string of the molecule is CN(C)CCNc1ccc(C(=O)NCc2ccc3c(c2)OCO3)nn1. The van der Waals surface area contributed by atoms with E-state index in [1.165, 1.54) is 0 Å². The van der Waals surface area contributed by atoms with E-state index in [-0.39, 0.29) is 18.4 Å². The summed E-state index contributed by atoms with van der Waals surface area (Å²) >= 11 is 0. The minimum atomic E-state index is -0.273. The Kier molecular flexibility index (Phi) is 5.30. The Morgan fingerprint density at radius 3 is 2.76 bits per heavy atom. The van der Waals surface area contributed by atoms with Gasteiger partial charge in [0.05, 0.1) is 0 Å². The molecule has 0 unspecified atom stereocenters. The number of aromatic nitrogens is 2. The van der Waals surface area contributed by atoms with Crippen molar-refractivity contribution in [1.82, 2.24) is 20.4 Å². The summed E-state index contributed by atoms with van der Waals surface area (Å²) in [5.74, 6) is 1.79. The molecule has 0 spiro atoms. The molecular weight excluding hydrogens is 322 g/mol. The number of nitrogens with one attached hydrogen (secondary N) is 2. The predicted molar refractivity (Wildman–Crippen MR) is 92.8 cm³/mol. The molecule has 1 amide bonds. The van der Waals surface area contributed by atoms with Crippen LogP contribution in [0.5, 0.6) is 11.5 Å². The zero-order valence-electron chi connectivity index (χ0n) is 14.3. The van der Waals surface area contributed by atoms with E-state index in [2.05, 4.69) is 25.7 Å². The van der Waals surface area contributed by atoms with Crippen LogP contribution in [0.15, 0.2) is 30.3 Å². The number of nitrogens with zero attached hydrogens (tertiary/aromatic N) is 3. The number of hydrogen-bond donors (Lipinski definition) is 2.